The number of hydrogen-bond acceptors (Lipinski definition) is 0. The summed E-state index contributed by atoms with van der Waals surface area (Å²) in [6.45, 7) is 0. The molecule has 11 aromatic rings. The fraction of sp³-hybridized carbons (Fsp3) is 0. The Balaban J connectivity index is 1.25. The van der Waals surface area contributed by atoms with Crippen LogP contribution in [0.15, 0.2) is 231 Å². The number of aromatic nitrogens is 2. The monoisotopic (exact) mass is 742 g/mol. The first-order valence-corrected chi connectivity index (χ1v) is 21.7. The van der Waals surface area contributed by atoms with Crippen LogP contribution >= 0.6 is 0 Å². The highest BCUT2D eigenvalue weighted by Gasteiger charge is 2.43. The van der Waals surface area contributed by atoms with Crippen LogP contribution in [0, 0.1) is 0 Å². The lowest BCUT2D eigenvalue weighted by Crippen LogP contribution is -2.74. The first kappa shape index (κ1) is 33.2. The summed E-state index contributed by atoms with van der Waals surface area (Å²) < 4.78 is 4.97. The maximum absolute atomic E-state index is 2.84. The predicted octanol–water partition coefficient (Wildman–Crippen LogP) is 10.9. The van der Waals surface area contributed by atoms with Crippen molar-refractivity contribution in [1.29, 1.82) is 0 Å². The second-order valence-corrected chi connectivity index (χ2v) is 18.6. The molecular formula is C54H38N2Si. The second-order valence-electron chi connectivity index (χ2n) is 14.8. The van der Waals surface area contributed by atoms with Gasteiger partial charge in [0.15, 0.2) is 8.07 Å². The number of para-hydroxylation sites is 3. The van der Waals surface area contributed by atoms with Crippen LogP contribution in [0.1, 0.15) is 0 Å². The first-order valence-electron chi connectivity index (χ1n) is 19.7. The predicted molar refractivity (Wildman–Crippen MR) is 244 cm³/mol. The summed E-state index contributed by atoms with van der Waals surface area (Å²) in [7, 11) is -2.84. The third-order valence-electron chi connectivity index (χ3n) is 11.9. The molecule has 0 atom stereocenters. The third kappa shape index (κ3) is 5.10. The largest absolute Gasteiger partial charge is 0.309 e. The van der Waals surface area contributed by atoms with Crippen molar-refractivity contribution in [2.45, 2.75) is 0 Å². The molecule has 0 saturated carbocycles. The SMILES string of the molecule is c1ccc(-c2cccc3c4ccc(-n5c6ccccc6c6c([Si](c7ccccc7)(c7ccccc7)c7ccccc7)cccc65)cc4n(-c4ccccc4)c23)cc1. The minimum absolute atomic E-state index is 1.14. The molecule has 0 fully saturated rings. The lowest BCUT2D eigenvalue weighted by atomic mass is 10.0. The fourth-order valence-electron chi connectivity index (χ4n) is 9.53. The molecule has 0 spiro atoms. The molecule has 0 aliphatic heterocycles. The molecule has 2 aromatic heterocycles. The lowest BCUT2D eigenvalue weighted by Gasteiger charge is -2.35. The van der Waals surface area contributed by atoms with Gasteiger partial charge in [0.1, 0.15) is 0 Å². The lowest BCUT2D eigenvalue weighted by molar-refractivity contribution is 1.15. The summed E-state index contributed by atoms with van der Waals surface area (Å²) in [4.78, 5) is 0. The molecule has 9 aromatic carbocycles. The summed E-state index contributed by atoms with van der Waals surface area (Å²) >= 11 is 0. The molecule has 0 N–H and O–H groups in total. The van der Waals surface area contributed by atoms with E-state index in [2.05, 4.69) is 240 Å². The van der Waals surface area contributed by atoms with Crippen molar-refractivity contribution >= 4 is 72.4 Å². The van der Waals surface area contributed by atoms with Gasteiger partial charge in [0.05, 0.1) is 22.1 Å². The molecule has 0 amide bonds. The van der Waals surface area contributed by atoms with Crippen LogP contribution in [-0.4, -0.2) is 17.2 Å². The van der Waals surface area contributed by atoms with E-state index in [9.17, 15) is 0 Å². The van der Waals surface area contributed by atoms with Crippen LogP contribution in [0.3, 0.4) is 0 Å². The van der Waals surface area contributed by atoms with Gasteiger partial charge in [0, 0.05) is 38.5 Å². The summed E-state index contributed by atoms with van der Waals surface area (Å²) in [6.07, 6.45) is 0. The Morgan fingerprint density at radius 2 is 0.842 bits per heavy atom. The molecule has 0 radical (unpaired) electrons. The summed E-state index contributed by atoms with van der Waals surface area (Å²) in [6, 6.07) is 85.2. The van der Waals surface area contributed by atoms with E-state index in [4.69, 9.17) is 0 Å². The molecule has 268 valence electrons. The maximum atomic E-state index is 2.50. The van der Waals surface area contributed by atoms with E-state index in [-0.39, 0.29) is 0 Å². The van der Waals surface area contributed by atoms with Crippen molar-refractivity contribution in [3.63, 3.8) is 0 Å². The smallest absolute Gasteiger partial charge is 0.180 e. The number of nitrogens with zero attached hydrogens (tertiary/aromatic N) is 2. The average molecular weight is 743 g/mol. The van der Waals surface area contributed by atoms with Crippen LogP contribution in [0.4, 0.5) is 0 Å². The standard InChI is InChI=1S/C54H38N2Si/c1-6-20-39(21-7-1)45-31-18-32-47-46-37-36-41(38-51(46)56(54(45)47)40-22-8-2-9-23-40)55-49-33-17-16-30-48(49)53-50(55)34-19-35-52(53)57(42-24-10-3-11-25-42,43-26-12-4-13-27-43)44-28-14-5-15-29-44/h1-38H. The highest BCUT2D eigenvalue weighted by molar-refractivity contribution is 7.20. The molecular weight excluding hydrogens is 705 g/mol. The van der Waals surface area contributed by atoms with Gasteiger partial charge < -0.3 is 9.13 Å². The Morgan fingerprint density at radius 1 is 0.316 bits per heavy atom. The van der Waals surface area contributed by atoms with Gasteiger partial charge in [-0.15, -0.1) is 0 Å². The van der Waals surface area contributed by atoms with Crippen LogP contribution in [-0.2, 0) is 0 Å². The minimum Gasteiger partial charge on any atom is -0.309 e. The van der Waals surface area contributed by atoms with E-state index >= 15 is 0 Å². The number of fused-ring (bicyclic) bond motifs is 6. The van der Waals surface area contributed by atoms with E-state index in [1.54, 1.807) is 0 Å². The van der Waals surface area contributed by atoms with Crippen molar-refractivity contribution in [2.75, 3.05) is 0 Å². The topological polar surface area (TPSA) is 9.86 Å². The summed E-state index contributed by atoms with van der Waals surface area (Å²) in [5.41, 5.74) is 9.52. The quantitative estimate of drug-likeness (QED) is 0.114. The molecule has 0 unspecified atom stereocenters. The van der Waals surface area contributed by atoms with Crippen molar-refractivity contribution in [3.8, 4) is 22.5 Å². The number of rotatable bonds is 7. The Hall–Kier alpha value is -7.20. The molecule has 0 aliphatic carbocycles. The van der Waals surface area contributed by atoms with Crippen LogP contribution in [0.5, 0.6) is 0 Å². The minimum atomic E-state index is -2.84. The van der Waals surface area contributed by atoms with Crippen LogP contribution in [0.25, 0.3) is 66.1 Å². The zero-order valence-electron chi connectivity index (χ0n) is 31.3. The van der Waals surface area contributed by atoms with Gasteiger partial charge in [-0.2, -0.15) is 0 Å². The van der Waals surface area contributed by atoms with Gasteiger partial charge >= 0.3 is 0 Å². The normalized spacial score (nSPS) is 11.9. The highest BCUT2D eigenvalue weighted by Crippen LogP contribution is 2.40. The Labute approximate surface area is 333 Å². The van der Waals surface area contributed by atoms with Crippen LogP contribution < -0.4 is 20.7 Å². The summed E-state index contributed by atoms with van der Waals surface area (Å²) in [5.74, 6) is 0. The van der Waals surface area contributed by atoms with Crippen LogP contribution in [0.2, 0.25) is 0 Å². The van der Waals surface area contributed by atoms with Crippen molar-refractivity contribution in [2.24, 2.45) is 0 Å². The molecule has 57 heavy (non-hydrogen) atoms. The van der Waals surface area contributed by atoms with E-state index < -0.39 is 8.07 Å². The Kier molecular flexibility index (Phi) is 7.87. The van der Waals surface area contributed by atoms with Crippen molar-refractivity contribution < 1.29 is 0 Å². The van der Waals surface area contributed by atoms with E-state index in [1.807, 2.05) is 0 Å². The van der Waals surface area contributed by atoms with Gasteiger partial charge in [-0.3, -0.25) is 0 Å². The molecule has 3 heteroatoms. The number of benzene rings is 9. The van der Waals surface area contributed by atoms with E-state index in [0.717, 1.165) is 11.4 Å². The van der Waals surface area contributed by atoms with Gasteiger partial charge in [0.25, 0.3) is 0 Å². The van der Waals surface area contributed by atoms with Crippen molar-refractivity contribution in [1.82, 2.24) is 9.13 Å². The average Bonchev–Trinajstić information content (AvgIpc) is 3.81. The first-order chi connectivity index (χ1) is 28.3. The molecule has 2 nitrogen and oxygen atoms in total. The Morgan fingerprint density at radius 3 is 1.49 bits per heavy atom. The highest BCUT2D eigenvalue weighted by atomic mass is 28.3. The fourth-order valence-corrected chi connectivity index (χ4v) is 14.5. The molecule has 11 rings (SSSR count). The van der Waals surface area contributed by atoms with Gasteiger partial charge in [-0.25, -0.2) is 0 Å². The molecule has 2 heterocycles. The zero-order chi connectivity index (χ0) is 37.8. The zero-order valence-corrected chi connectivity index (χ0v) is 32.3. The van der Waals surface area contributed by atoms with Crippen molar-refractivity contribution in [3.05, 3.63) is 231 Å². The van der Waals surface area contributed by atoms with Gasteiger partial charge in [0.2, 0.25) is 0 Å². The van der Waals surface area contributed by atoms with E-state index in [1.165, 1.54) is 75.5 Å². The second kappa shape index (κ2) is 13.5. The van der Waals surface area contributed by atoms with E-state index in [0.29, 0.717) is 0 Å². The molecule has 0 saturated heterocycles. The number of hydrogen-bond donors (Lipinski definition) is 0. The third-order valence-corrected chi connectivity index (χ3v) is 16.7. The van der Waals surface area contributed by atoms with Gasteiger partial charge in [-0.05, 0) is 62.7 Å². The molecule has 0 aliphatic rings. The molecule has 0 bridgehead atoms. The maximum Gasteiger partial charge on any atom is 0.180 e. The van der Waals surface area contributed by atoms with Gasteiger partial charge in [-0.1, -0.05) is 194 Å². The Bertz CT molecular complexity index is 3110. The summed E-state index contributed by atoms with van der Waals surface area (Å²) in [5, 5.41) is 10.6.